The minimum Gasteiger partial charge on any atom is -0.507 e. The van der Waals surface area contributed by atoms with Crippen molar-refractivity contribution in [2.24, 2.45) is 0 Å². The first-order valence-corrected chi connectivity index (χ1v) is 7.64. The topological polar surface area (TPSA) is 134 Å². The minimum absolute atomic E-state index is 0.0192. The highest BCUT2D eigenvalue weighted by atomic mass is 16.6. The van der Waals surface area contributed by atoms with E-state index in [-0.39, 0.29) is 33.9 Å². The van der Waals surface area contributed by atoms with Gasteiger partial charge in [-0.2, -0.15) is 0 Å². The van der Waals surface area contributed by atoms with Crippen LogP contribution in [0.25, 0.3) is 0 Å². The van der Waals surface area contributed by atoms with Crippen LogP contribution in [-0.4, -0.2) is 32.4 Å². The fourth-order valence-electron chi connectivity index (χ4n) is 2.98. The van der Waals surface area contributed by atoms with Crippen molar-refractivity contribution in [2.75, 3.05) is 0 Å². The first-order chi connectivity index (χ1) is 12.2. The maximum atomic E-state index is 12.6. The molecule has 2 aromatic rings. The molecule has 26 heavy (non-hydrogen) atoms. The second-order valence-electron chi connectivity index (χ2n) is 5.98. The number of esters is 1. The largest absolute Gasteiger partial charge is 0.507 e. The molecule has 1 heterocycles. The molecule has 0 aliphatic carbocycles. The number of aryl methyl sites for hydroxylation is 1. The molecule has 0 atom stereocenters. The Kier molecular flexibility index (Phi) is 4.00. The third kappa shape index (κ3) is 2.34. The van der Waals surface area contributed by atoms with Gasteiger partial charge >= 0.3 is 11.9 Å². The molecule has 8 nitrogen and oxygen atoms in total. The van der Waals surface area contributed by atoms with Crippen LogP contribution in [0, 0.1) is 20.8 Å². The number of hydrogen-bond acceptors (Lipinski definition) is 7. The number of aromatic carboxylic acids is 1. The maximum absolute atomic E-state index is 12.6. The second-order valence-corrected chi connectivity index (χ2v) is 5.98. The molecule has 0 amide bonds. The molecule has 0 fully saturated rings. The quantitative estimate of drug-likeness (QED) is 0.474. The summed E-state index contributed by atoms with van der Waals surface area (Å²) in [6, 6.07) is 1.28. The van der Waals surface area contributed by atoms with E-state index in [0.29, 0.717) is 11.1 Å². The molecule has 3 rings (SSSR count). The summed E-state index contributed by atoms with van der Waals surface area (Å²) in [7, 11) is 0. The van der Waals surface area contributed by atoms with Gasteiger partial charge in [0.25, 0.3) is 0 Å². The van der Waals surface area contributed by atoms with E-state index in [1.165, 1.54) is 13.0 Å². The van der Waals surface area contributed by atoms with E-state index in [9.17, 15) is 30.0 Å². The predicted octanol–water partition coefficient (Wildman–Crippen LogP) is 2.54. The Labute approximate surface area is 147 Å². The number of fused-ring (bicyclic) bond motifs is 2. The monoisotopic (exact) mass is 360 g/mol. The zero-order valence-corrected chi connectivity index (χ0v) is 14.2. The van der Waals surface area contributed by atoms with Crippen LogP contribution in [0.2, 0.25) is 0 Å². The van der Waals surface area contributed by atoms with Gasteiger partial charge in [-0.25, -0.2) is 9.59 Å². The van der Waals surface area contributed by atoms with Crippen LogP contribution in [0.1, 0.15) is 43.0 Å². The molecule has 0 unspecified atom stereocenters. The lowest BCUT2D eigenvalue weighted by Crippen LogP contribution is -2.11. The molecule has 1 aliphatic rings. The van der Waals surface area contributed by atoms with E-state index in [1.807, 2.05) is 0 Å². The number of hydrogen-bond donors (Lipinski definition) is 4. The number of aliphatic hydroxyl groups excluding tert-OH is 1. The third-order valence-electron chi connectivity index (χ3n) is 4.47. The Morgan fingerprint density at radius 3 is 2.27 bits per heavy atom. The molecular weight excluding hydrogens is 344 g/mol. The molecule has 136 valence electrons. The Hall–Kier alpha value is -3.26. The molecule has 2 aromatic carbocycles. The van der Waals surface area contributed by atoms with Crippen molar-refractivity contribution < 1.29 is 39.5 Å². The fraction of sp³-hybridized carbons (Fsp3) is 0.222. The number of benzene rings is 2. The summed E-state index contributed by atoms with van der Waals surface area (Å²) in [4.78, 5) is 24.0. The van der Waals surface area contributed by atoms with Gasteiger partial charge in [0.05, 0.1) is 12.2 Å². The van der Waals surface area contributed by atoms with E-state index in [2.05, 4.69) is 0 Å². The maximum Gasteiger partial charge on any atom is 0.347 e. The number of phenols is 2. The summed E-state index contributed by atoms with van der Waals surface area (Å²) < 4.78 is 11.0. The van der Waals surface area contributed by atoms with Crippen molar-refractivity contribution in [2.45, 2.75) is 27.4 Å². The summed E-state index contributed by atoms with van der Waals surface area (Å²) in [6.07, 6.45) is 0. The Balaban J connectivity index is 2.38. The van der Waals surface area contributed by atoms with Crippen LogP contribution in [0.3, 0.4) is 0 Å². The number of carbonyl (C=O) groups is 2. The average Bonchev–Trinajstić information content (AvgIpc) is 2.70. The lowest BCUT2D eigenvalue weighted by Gasteiger charge is -2.17. The van der Waals surface area contributed by atoms with Gasteiger partial charge in [0.1, 0.15) is 16.9 Å². The third-order valence-corrected chi connectivity index (χ3v) is 4.47. The average molecular weight is 360 g/mol. The summed E-state index contributed by atoms with van der Waals surface area (Å²) in [5.41, 5.74) is 0.451. The Bertz CT molecular complexity index is 974. The first-order valence-electron chi connectivity index (χ1n) is 7.64. The number of carboxylic acids is 1. The number of aliphatic hydroxyl groups is 1. The smallest absolute Gasteiger partial charge is 0.347 e. The molecule has 0 radical (unpaired) electrons. The van der Waals surface area contributed by atoms with Crippen molar-refractivity contribution in [3.05, 3.63) is 39.4 Å². The van der Waals surface area contributed by atoms with Gasteiger partial charge in [-0.3, -0.25) is 0 Å². The fourth-order valence-corrected chi connectivity index (χ4v) is 2.98. The lowest BCUT2D eigenvalue weighted by molar-refractivity contribution is 0.0680. The first kappa shape index (κ1) is 17.6. The highest BCUT2D eigenvalue weighted by Gasteiger charge is 2.34. The van der Waals surface area contributed by atoms with Crippen molar-refractivity contribution in [3.8, 4) is 28.7 Å². The number of aromatic hydroxyl groups is 2. The predicted molar refractivity (Wildman–Crippen MR) is 88.3 cm³/mol. The molecular formula is C18H16O8. The van der Waals surface area contributed by atoms with Gasteiger partial charge in [-0.1, -0.05) is 0 Å². The van der Waals surface area contributed by atoms with Gasteiger partial charge in [0.2, 0.25) is 5.75 Å². The Morgan fingerprint density at radius 2 is 1.69 bits per heavy atom. The van der Waals surface area contributed by atoms with Gasteiger partial charge in [-0.15, -0.1) is 0 Å². The van der Waals surface area contributed by atoms with Crippen LogP contribution >= 0.6 is 0 Å². The van der Waals surface area contributed by atoms with Gasteiger partial charge in [-0.05, 0) is 43.5 Å². The van der Waals surface area contributed by atoms with Crippen molar-refractivity contribution in [1.29, 1.82) is 0 Å². The number of carboxylic acid groups (broad SMARTS) is 1. The number of ether oxygens (including phenoxy) is 2. The SMILES string of the molecule is Cc1cc(O)c(CO)c2c1C(=O)Oc1c(O)c(C(=O)O)c(C)c(C)c1O2. The molecule has 0 aromatic heterocycles. The highest BCUT2D eigenvalue weighted by Crippen LogP contribution is 2.50. The number of rotatable bonds is 2. The highest BCUT2D eigenvalue weighted by molar-refractivity contribution is 6.00. The Morgan fingerprint density at radius 1 is 1.04 bits per heavy atom. The summed E-state index contributed by atoms with van der Waals surface area (Å²) in [5.74, 6) is -3.86. The normalized spacial score (nSPS) is 12.5. The summed E-state index contributed by atoms with van der Waals surface area (Å²) in [5, 5.41) is 39.3. The van der Waals surface area contributed by atoms with Gasteiger partial charge in [0, 0.05) is 0 Å². The number of carbonyl (C=O) groups excluding carboxylic acids is 1. The minimum atomic E-state index is -1.38. The zero-order valence-electron chi connectivity index (χ0n) is 14.2. The molecule has 0 saturated carbocycles. The molecule has 0 spiro atoms. The van der Waals surface area contributed by atoms with Crippen LogP contribution < -0.4 is 9.47 Å². The van der Waals surface area contributed by atoms with Gasteiger partial charge in [0.15, 0.2) is 17.2 Å². The van der Waals surface area contributed by atoms with E-state index in [4.69, 9.17) is 9.47 Å². The van der Waals surface area contributed by atoms with Crippen LogP contribution in [0.5, 0.6) is 28.7 Å². The molecule has 0 bridgehead atoms. The van der Waals surface area contributed by atoms with Crippen molar-refractivity contribution >= 4 is 11.9 Å². The van der Waals surface area contributed by atoms with Crippen LogP contribution in [0.4, 0.5) is 0 Å². The van der Waals surface area contributed by atoms with E-state index >= 15 is 0 Å². The van der Waals surface area contributed by atoms with E-state index in [1.54, 1.807) is 13.8 Å². The molecule has 8 heteroatoms. The van der Waals surface area contributed by atoms with Crippen molar-refractivity contribution in [1.82, 2.24) is 0 Å². The summed E-state index contributed by atoms with van der Waals surface area (Å²) in [6.45, 7) is 3.97. The van der Waals surface area contributed by atoms with E-state index < -0.39 is 35.6 Å². The standard InChI is InChI=1S/C18H16O8/c1-6-4-10(20)9(5-19)15-11(6)18(24)26-16-13(21)12(17(22)23)7(2)8(3)14(16)25-15/h4,19-21H,5H2,1-3H3,(H,22,23). The van der Waals surface area contributed by atoms with Crippen LogP contribution in [0.15, 0.2) is 6.07 Å². The molecule has 1 aliphatic heterocycles. The molecule has 0 saturated heterocycles. The lowest BCUT2D eigenvalue weighted by atomic mass is 10.00. The van der Waals surface area contributed by atoms with E-state index in [0.717, 1.165) is 0 Å². The summed E-state index contributed by atoms with van der Waals surface area (Å²) >= 11 is 0. The molecule has 4 N–H and O–H groups in total. The second kappa shape index (κ2) is 5.92. The zero-order chi connectivity index (χ0) is 19.3. The van der Waals surface area contributed by atoms with Crippen molar-refractivity contribution in [3.63, 3.8) is 0 Å². The van der Waals surface area contributed by atoms with Crippen LogP contribution in [-0.2, 0) is 6.61 Å². The van der Waals surface area contributed by atoms with Gasteiger partial charge < -0.3 is 29.9 Å².